The van der Waals surface area contributed by atoms with Gasteiger partial charge < -0.3 is 15.4 Å². The molecule has 23 heavy (non-hydrogen) atoms. The summed E-state index contributed by atoms with van der Waals surface area (Å²) < 4.78 is 4.80. The Balaban J connectivity index is 2.19. The van der Waals surface area contributed by atoms with E-state index >= 15 is 0 Å². The zero-order chi connectivity index (χ0) is 17.0. The van der Waals surface area contributed by atoms with E-state index in [4.69, 9.17) is 10.5 Å². The highest BCUT2D eigenvalue weighted by Crippen LogP contribution is 2.36. The van der Waals surface area contributed by atoms with Crippen LogP contribution in [0.15, 0.2) is 18.2 Å². The molecule has 1 unspecified atom stereocenters. The first-order valence-electron chi connectivity index (χ1n) is 8.69. The summed E-state index contributed by atoms with van der Waals surface area (Å²) in [5.41, 5.74) is 9.39. The lowest BCUT2D eigenvalue weighted by atomic mass is 9.92. The minimum Gasteiger partial charge on any atom is -0.469 e. The molecule has 4 nitrogen and oxygen atoms in total. The molecule has 0 aliphatic heterocycles. The van der Waals surface area contributed by atoms with Gasteiger partial charge in [0.1, 0.15) is 0 Å². The lowest BCUT2D eigenvalue weighted by Crippen LogP contribution is -2.33. The Hall–Kier alpha value is -1.71. The van der Waals surface area contributed by atoms with E-state index in [1.54, 1.807) is 0 Å². The zero-order valence-corrected chi connectivity index (χ0v) is 14.8. The molecule has 0 amide bonds. The van der Waals surface area contributed by atoms with Crippen LogP contribution in [0.2, 0.25) is 0 Å². The van der Waals surface area contributed by atoms with Gasteiger partial charge in [-0.15, -0.1) is 0 Å². The van der Waals surface area contributed by atoms with Gasteiger partial charge in [0.2, 0.25) is 0 Å². The molecule has 1 saturated carbocycles. The summed E-state index contributed by atoms with van der Waals surface area (Å²) in [6.07, 6.45) is 3.96. The molecule has 0 aromatic heterocycles. The van der Waals surface area contributed by atoms with Gasteiger partial charge in [-0.2, -0.15) is 0 Å². The number of carbonyl (C=O) groups is 1. The highest BCUT2D eigenvalue weighted by Gasteiger charge is 2.26. The SMILES string of the molecule is CCC(CC(=O)OC)c1ccc(N(CC2CC2)C(C)C)c(N)c1. The maximum absolute atomic E-state index is 11.6. The Morgan fingerprint density at radius 2 is 2.09 bits per heavy atom. The molecule has 1 atom stereocenters. The minimum absolute atomic E-state index is 0.162. The van der Waals surface area contributed by atoms with Gasteiger partial charge in [0.05, 0.1) is 24.9 Å². The van der Waals surface area contributed by atoms with Crippen molar-refractivity contribution < 1.29 is 9.53 Å². The molecule has 0 radical (unpaired) electrons. The van der Waals surface area contributed by atoms with Crippen LogP contribution in [0, 0.1) is 5.92 Å². The van der Waals surface area contributed by atoms with Gasteiger partial charge in [-0.1, -0.05) is 13.0 Å². The molecule has 1 fully saturated rings. The summed E-state index contributed by atoms with van der Waals surface area (Å²) in [7, 11) is 1.44. The van der Waals surface area contributed by atoms with E-state index in [1.165, 1.54) is 20.0 Å². The number of ether oxygens (including phenoxy) is 1. The quantitative estimate of drug-likeness (QED) is 0.582. The molecule has 1 aliphatic carbocycles. The standard InChI is InChI=1S/C19H30N2O2/c1-5-15(11-19(22)23-4)16-8-9-18(17(20)10-16)21(13(2)3)12-14-6-7-14/h8-10,13-15H,5-7,11-12,20H2,1-4H3. The van der Waals surface area contributed by atoms with E-state index in [0.29, 0.717) is 12.5 Å². The topological polar surface area (TPSA) is 55.6 Å². The van der Waals surface area contributed by atoms with Crippen LogP contribution < -0.4 is 10.6 Å². The van der Waals surface area contributed by atoms with E-state index < -0.39 is 0 Å². The maximum Gasteiger partial charge on any atom is 0.306 e. The van der Waals surface area contributed by atoms with Crippen molar-refractivity contribution in [2.45, 2.75) is 58.4 Å². The second-order valence-electron chi connectivity index (χ2n) is 6.89. The van der Waals surface area contributed by atoms with Crippen molar-refractivity contribution in [1.82, 2.24) is 0 Å². The summed E-state index contributed by atoms with van der Waals surface area (Å²) in [6.45, 7) is 7.59. The summed E-state index contributed by atoms with van der Waals surface area (Å²) in [4.78, 5) is 14.0. The second kappa shape index (κ2) is 7.71. The van der Waals surface area contributed by atoms with Crippen LogP contribution in [0.4, 0.5) is 11.4 Å². The third kappa shape index (κ3) is 4.63. The molecule has 1 aromatic carbocycles. The third-order valence-corrected chi connectivity index (χ3v) is 4.74. The zero-order valence-electron chi connectivity index (χ0n) is 14.8. The van der Waals surface area contributed by atoms with Gasteiger partial charge in [-0.3, -0.25) is 4.79 Å². The van der Waals surface area contributed by atoms with Crippen molar-refractivity contribution in [3.8, 4) is 0 Å². The smallest absolute Gasteiger partial charge is 0.306 e. The number of rotatable bonds is 8. The highest BCUT2D eigenvalue weighted by atomic mass is 16.5. The van der Waals surface area contributed by atoms with Crippen molar-refractivity contribution in [3.63, 3.8) is 0 Å². The van der Waals surface area contributed by atoms with Gasteiger partial charge in [0.25, 0.3) is 0 Å². The summed E-state index contributed by atoms with van der Waals surface area (Å²) in [5, 5.41) is 0. The van der Waals surface area contributed by atoms with E-state index in [9.17, 15) is 4.79 Å². The van der Waals surface area contributed by atoms with Crippen molar-refractivity contribution in [1.29, 1.82) is 0 Å². The van der Waals surface area contributed by atoms with E-state index in [0.717, 1.165) is 35.8 Å². The third-order valence-electron chi connectivity index (χ3n) is 4.74. The van der Waals surface area contributed by atoms with E-state index in [2.05, 4.69) is 37.8 Å². The van der Waals surface area contributed by atoms with Crippen LogP contribution in [0.25, 0.3) is 0 Å². The van der Waals surface area contributed by atoms with Gasteiger partial charge in [-0.25, -0.2) is 0 Å². The van der Waals surface area contributed by atoms with Gasteiger partial charge in [-0.05, 0) is 62.6 Å². The average molecular weight is 318 g/mol. The number of nitrogens with two attached hydrogens (primary N) is 1. The molecule has 1 aromatic rings. The molecule has 128 valence electrons. The number of esters is 1. The molecule has 2 N–H and O–H groups in total. The molecular weight excluding hydrogens is 288 g/mol. The van der Waals surface area contributed by atoms with Crippen LogP contribution in [-0.2, 0) is 9.53 Å². The van der Waals surface area contributed by atoms with E-state index in [1.807, 2.05) is 6.07 Å². The first-order valence-corrected chi connectivity index (χ1v) is 8.69. The average Bonchev–Trinajstić information content (AvgIpc) is 3.34. The highest BCUT2D eigenvalue weighted by molar-refractivity contribution is 5.72. The predicted molar refractivity (Wildman–Crippen MR) is 95.7 cm³/mol. The minimum atomic E-state index is -0.169. The molecule has 0 saturated heterocycles. The van der Waals surface area contributed by atoms with Crippen LogP contribution in [0.3, 0.4) is 0 Å². The maximum atomic E-state index is 11.6. The molecule has 0 spiro atoms. The summed E-state index contributed by atoms with van der Waals surface area (Å²) >= 11 is 0. The number of nitrogens with zero attached hydrogens (tertiary/aromatic N) is 1. The largest absolute Gasteiger partial charge is 0.469 e. The number of carbonyl (C=O) groups excluding carboxylic acids is 1. The Morgan fingerprint density at radius 1 is 1.39 bits per heavy atom. The first-order chi connectivity index (χ1) is 11.0. The van der Waals surface area contributed by atoms with Gasteiger partial charge in [0.15, 0.2) is 0 Å². The Labute approximate surface area is 140 Å². The Kier molecular flexibility index (Phi) is 5.91. The number of hydrogen-bond acceptors (Lipinski definition) is 4. The molecule has 0 heterocycles. The Bertz CT molecular complexity index is 538. The van der Waals surface area contributed by atoms with Gasteiger partial charge in [0, 0.05) is 12.6 Å². The van der Waals surface area contributed by atoms with Crippen molar-refractivity contribution in [2.24, 2.45) is 5.92 Å². The van der Waals surface area contributed by atoms with Crippen LogP contribution in [-0.4, -0.2) is 25.7 Å². The lowest BCUT2D eigenvalue weighted by Gasteiger charge is -2.31. The lowest BCUT2D eigenvalue weighted by molar-refractivity contribution is -0.141. The molecule has 4 heteroatoms. The number of methoxy groups -OCH3 is 1. The molecule has 2 rings (SSSR count). The molecule has 0 bridgehead atoms. The number of benzene rings is 1. The Morgan fingerprint density at radius 3 is 2.57 bits per heavy atom. The summed E-state index contributed by atoms with van der Waals surface area (Å²) in [6, 6.07) is 6.70. The van der Waals surface area contributed by atoms with Crippen molar-refractivity contribution in [2.75, 3.05) is 24.3 Å². The van der Waals surface area contributed by atoms with Crippen molar-refractivity contribution in [3.05, 3.63) is 23.8 Å². The first kappa shape index (κ1) is 17.6. The van der Waals surface area contributed by atoms with Crippen LogP contribution in [0.1, 0.15) is 57.9 Å². The van der Waals surface area contributed by atoms with E-state index in [-0.39, 0.29) is 11.9 Å². The number of hydrogen-bond donors (Lipinski definition) is 1. The predicted octanol–water partition coefficient (Wildman–Crippen LogP) is 3.95. The van der Waals surface area contributed by atoms with Crippen molar-refractivity contribution >= 4 is 17.3 Å². The number of nitrogen functional groups attached to an aromatic ring is 1. The van der Waals surface area contributed by atoms with Crippen LogP contribution >= 0.6 is 0 Å². The second-order valence-corrected chi connectivity index (χ2v) is 6.89. The fourth-order valence-corrected chi connectivity index (χ4v) is 3.04. The number of anilines is 2. The fourth-order valence-electron chi connectivity index (χ4n) is 3.04. The molecule has 1 aliphatic rings. The monoisotopic (exact) mass is 318 g/mol. The normalized spacial score (nSPS) is 15.5. The summed E-state index contributed by atoms with van der Waals surface area (Å²) in [5.74, 6) is 0.811. The van der Waals surface area contributed by atoms with Gasteiger partial charge >= 0.3 is 5.97 Å². The fraction of sp³-hybridized carbons (Fsp3) is 0.632. The van der Waals surface area contributed by atoms with Crippen LogP contribution in [0.5, 0.6) is 0 Å². The molecular formula is C19H30N2O2.